The summed E-state index contributed by atoms with van der Waals surface area (Å²) in [6.45, 7) is 0.265. The third kappa shape index (κ3) is 2.34. The van der Waals surface area contributed by atoms with Crippen LogP contribution in [0.5, 0.6) is 0 Å². The number of nitrogens with zero attached hydrogens (tertiary/aromatic N) is 1. The van der Waals surface area contributed by atoms with Crippen LogP contribution in [0.4, 0.5) is 0 Å². The van der Waals surface area contributed by atoms with Crippen molar-refractivity contribution in [2.24, 2.45) is 5.73 Å². The second-order valence-corrected chi connectivity index (χ2v) is 4.43. The number of thiocarbonyl (C=S) groups is 1. The monoisotopic (exact) mass is 248 g/mol. The first-order valence-corrected chi connectivity index (χ1v) is 5.71. The molecule has 0 aromatic heterocycles. The molecule has 0 saturated carbocycles. The summed E-state index contributed by atoms with van der Waals surface area (Å²) in [6.07, 6.45) is 0.633. The summed E-state index contributed by atoms with van der Waals surface area (Å²) in [4.78, 5) is 25.4. The van der Waals surface area contributed by atoms with Gasteiger partial charge in [0.05, 0.1) is 11.4 Å². The number of amides is 2. The molecule has 5 heteroatoms. The average Bonchev–Trinajstić information content (AvgIpc) is 2.28. The molecule has 0 unspecified atom stereocenters. The Bertz CT molecular complexity index is 499. The predicted molar refractivity (Wildman–Crippen MR) is 67.6 cm³/mol. The minimum Gasteiger partial charge on any atom is -0.393 e. The van der Waals surface area contributed by atoms with E-state index in [1.807, 2.05) is 6.07 Å². The number of fused-ring (bicyclic) bond motifs is 1. The zero-order valence-electron chi connectivity index (χ0n) is 9.18. The highest BCUT2D eigenvalue weighted by Crippen LogP contribution is 2.19. The Balaban J connectivity index is 2.24. The van der Waals surface area contributed by atoms with E-state index in [-0.39, 0.29) is 24.8 Å². The first-order valence-electron chi connectivity index (χ1n) is 5.30. The first kappa shape index (κ1) is 11.7. The molecule has 4 nitrogen and oxygen atoms in total. The molecule has 1 aromatic carbocycles. The van der Waals surface area contributed by atoms with Gasteiger partial charge in [-0.1, -0.05) is 30.4 Å². The average molecular weight is 248 g/mol. The Morgan fingerprint density at radius 3 is 2.76 bits per heavy atom. The molecule has 17 heavy (non-hydrogen) atoms. The summed E-state index contributed by atoms with van der Waals surface area (Å²) in [7, 11) is 0. The number of nitrogens with two attached hydrogens (primary N) is 1. The Morgan fingerprint density at radius 1 is 1.35 bits per heavy atom. The van der Waals surface area contributed by atoms with Gasteiger partial charge < -0.3 is 5.73 Å². The van der Waals surface area contributed by atoms with Crippen LogP contribution in [0.25, 0.3) is 0 Å². The molecule has 88 valence electrons. The van der Waals surface area contributed by atoms with E-state index in [2.05, 4.69) is 0 Å². The molecule has 1 aliphatic rings. The van der Waals surface area contributed by atoms with Crippen LogP contribution in [-0.4, -0.2) is 28.2 Å². The fraction of sp³-hybridized carbons (Fsp3) is 0.250. The van der Waals surface area contributed by atoms with Crippen LogP contribution in [-0.2, 0) is 11.2 Å². The van der Waals surface area contributed by atoms with E-state index >= 15 is 0 Å². The van der Waals surface area contributed by atoms with Crippen LogP contribution in [0.1, 0.15) is 22.3 Å². The number of rotatable bonds is 3. The summed E-state index contributed by atoms with van der Waals surface area (Å²) >= 11 is 4.75. The predicted octanol–water partition coefficient (Wildman–Crippen LogP) is 0.888. The second-order valence-electron chi connectivity index (χ2n) is 3.90. The van der Waals surface area contributed by atoms with Crippen molar-refractivity contribution in [3.05, 3.63) is 35.4 Å². The van der Waals surface area contributed by atoms with Gasteiger partial charge in [-0.05, 0) is 11.6 Å². The number of hydrogen-bond acceptors (Lipinski definition) is 3. The van der Waals surface area contributed by atoms with Gasteiger partial charge in [-0.2, -0.15) is 0 Å². The molecule has 0 atom stereocenters. The number of carbonyl (C=O) groups excluding carboxylic acids is 2. The Labute approximate surface area is 104 Å². The SMILES string of the molecule is NC(=S)CCN1C(=O)Cc2ccccc2C1=O. The summed E-state index contributed by atoms with van der Waals surface area (Å²) in [5.74, 6) is -0.446. The number of hydrogen-bond donors (Lipinski definition) is 1. The molecule has 0 bridgehead atoms. The van der Waals surface area contributed by atoms with Gasteiger partial charge in [-0.25, -0.2) is 0 Å². The van der Waals surface area contributed by atoms with E-state index in [0.717, 1.165) is 5.56 Å². The standard InChI is InChI=1S/C12H12N2O2S/c13-10(17)5-6-14-11(15)7-8-3-1-2-4-9(8)12(14)16/h1-4H,5-7H2,(H2,13,17). The highest BCUT2D eigenvalue weighted by atomic mass is 32.1. The summed E-state index contributed by atoms with van der Waals surface area (Å²) in [5.41, 5.74) is 6.76. The Hall–Kier alpha value is -1.75. The molecule has 2 N–H and O–H groups in total. The maximum Gasteiger partial charge on any atom is 0.260 e. The Kier molecular flexibility index (Phi) is 3.19. The quantitative estimate of drug-likeness (QED) is 0.637. The third-order valence-corrected chi connectivity index (χ3v) is 2.92. The van der Waals surface area contributed by atoms with Crippen molar-refractivity contribution in [2.45, 2.75) is 12.8 Å². The number of imide groups is 1. The van der Waals surface area contributed by atoms with Gasteiger partial charge in [0.2, 0.25) is 5.91 Å². The van der Waals surface area contributed by atoms with Crippen LogP contribution in [0.2, 0.25) is 0 Å². The topological polar surface area (TPSA) is 63.4 Å². The number of benzene rings is 1. The van der Waals surface area contributed by atoms with Crippen molar-refractivity contribution in [3.63, 3.8) is 0 Å². The molecule has 0 radical (unpaired) electrons. The lowest BCUT2D eigenvalue weighted by atomic mass is 9.98. The highest BCUT2D eigenvalue weighted by molar-refractivity contribution is 7.80. The summed E-state index contributed by atoms with van der Waals surface area (Å²) in [6, 6.07) is 7.15. The minimum atomic E-state index is -0.256. The lowest BCUT2D eigenvalue weighted by Crippen LogP contribution is -2.43. The second kappa shape index (κ2) is 4.63. The van der Waals surface area contributed by atoms with Crippen molar-refractivity contribution >= 4 is 29.0 Å². The van der Waals surface area contributed by atoms with Crippen molar-refractivity contribution in [3.8, 4) is 0 Å². The zero-order chi connectivity index (χ0) is 12.4. The summed E-state index contributed by atoms with van der Waals surface area (Å²) < 4.78 is 0. The van der Waals surface area contributed by atoms with Crippen molar-refractivity contribution < 1.29 is 9.59 Å². The van der Waals surface area contributed by atoms with Gasteiger partial charge in [0, 0.05) is 18.5 Å². The van der Waals surface area contributed by atoms with Gasteiger partial charge in [-0.15, -0.1) is 0 Å². The largest absolute Gasteiger partial charge is 0.393 e. The van der Waals surface area contributed by atoms with E-state index in [1.165, 1.54) is 4.90 Å². The van der Waals surface area contributed by atoms with Crippen LogP contribution in [0.3, 0.4) is 0 Å². The molecule has 1 aromatic rings. The van der Waals surface area contributed by atoms with Gasteiger partial charge in [0.1, 0.15) is 0 Å². The first-order chi connectivity index (χ1) is 8.09. The van der Waals surface area contributed by atoms with E-state index in [4.69, 9.17) is 18.0 Å². The van der Waals surface area contributed by atoms with Gasteiger partial charge >= 0.3 is 0 Å². The minimum absolute atomic E-state index is 0.190. The molecule has 0 spiro atoms. The van der Waals surface area contributed by atoms with Crippen LogP contribution in [0, 0.1) is 0 Å². The molecule has 0 saturated heterocycles. The maximum atomic E-state index is 12.1. The van der Waals surface area contributed by atoms with Crippen molar-refractivity contribution in [1.29, 1.82) is 0 Å². The Morgan fingerprint density at radius 2 is 2.06 bits per heavy atom. The van der Waals surface area contributed by atoms with E-state index in [1.54, 1.807) is 18.2 Å². The molecule has 1 aliphatic heterocycles. The summed E-state index contributed by atoms with van der Waals surface area (Å²) in [5, 5.41) is 0. The molecular formula is C12H12N2O2S. The van der Waals surface area contributed by atoms with Gasteiger partial charge in [0.25, 0.3) is 5.91 Å². The van der Waals surface area contributed by atoms with E-state index in [9.17, 15) is 9.59 Å². The molecule has 2 rings (SSSR count). The lowest BCUT2D eigenvalue weighted by molar-refractivity contribution is -0.128. The van der Waals surface area contributed by atoms with Crippen LogP contribution < -0.4 is 5.73 Å². The molecule has 2 amide bonds. The maximum absolute atomic E-state index is 12.1. The lowest BCUT2D eigenvalue weighted by Gasteiger charge is -2.26. The smallest absolute Gasteiger partial charge is 0.260 e. The highest BCUT2D eigenvalue weighted by Gasteiger charge is 2.29. The van der Waals surface area contributed by atoms with Crippen LogP contribution in [0.15, 0.2) is 24.3 Å². The normalized spacial score (nSPS) is 14.7. The van der Waals surface area contributed by atoms with Gasteiger partial charge in [-0.3, -0.25) is 14.5 Å². The fourth-order valence-electron chi connectivity index (χ4n) is 1.85. The molecule has 1 heterocycles. The van der Waals surface area contributed by atoms with Crippen LogP contribution >= 0.6 is 12.2 Å². The third-order valence-electron chi connectivity index (χ3n) is 2.72. The van der Waals surface area contributed by atoms with E-state index < -0.39 is 0 Å². The molecule has 0 aliphatic carbocycles. The van der Waals surface area contributed by atoms with Crippen molar-refractivity contribution in [1.82, 2.24) is 4.90 Å². The zero-order valence-corrected chi connectivity index (χ0v) is 10.00. The molecular weight excluding hydrogens is 236 g/mol. The van der Waals surface area contributed by atoms with Crippen molar-refractivity contribution in [2.75, 3.05) is 6.54 Å². The number of carbonyl (C=O) groups is 2. The molecule has 0 fully saturated rings. The van der Waals surface area contributed by atoms with Gasteiger partial charge in [0.15, 0.2) is 0 Å². The van der Waals surface area contributed by atoms with E-state index in [0.29, 0.717) is 17.0 Å². The fourth-order valence-corrected chi connectivity index (χ4v) is 1.94.